The number of carbonyl (C=O) groups is 1. The lowest BCUT2D eigenvalue weighted by molar-refractivity contribution is 0.0695. The van der Waals surface area contributed by atoms with Gasteiger partial charge in [-0.3, -0.25) is 0 Å². The summed E-state index contributed by atoms with van der Waals surface area (Å²) in [6.45, 7) is 0.169. The quantitative estimate of drug-likeness (QED) is 0.932. The molecule has 0 aliphatic carbocycles. The van der Waals surface area contributed by atoms with Crippen molar-refractivity contribution in [2.75, 3.05) is 11.9 Å². The average Bonchev–Trinajstić information content (AvgIpc) is 2.41. The summed E-state index contributed by atoms with van der Waals surface area (Å²) in [6, 6.07) is 9.75. The maximum atomic E-state index is 13.6. The first-order valence-corrected chi connectivity index (χ1v) is 5.96. The zero-order valence-corrected chi connectivity index (χ0v) is 10.8. The Morgan fingerprint density at radius 1 is 1.20 bits per heavy atom. The first kappa shape index (κ1) is 14.0. The zero-order valence-electron chi connectivity index (χ0n) is 10.8. The molecule has 2 rings (SSSR count). The summed E-state index contributed by atoms with van der Waals surface area (Å²) in [7, 11) is 1.65. The van der Waals surface area contributed by atoms with Gasteiger partial charge in [0.15, 0.2) is 0 Å². The molecule has 5 heteroatoms. The Bertz CT molecular complexity index is 644. The molecule has 0 amide bonds. The van der Waals surface area contributed by atoms with Crippen molar-refractivity contribution in [2.45, 2.75) is 6.54 Å². The number of para-hydroxylation sites is 1. The summed E-state index contributed by atoms with van der Waals surface area (Å²) in [6.07, 6.45) is 0. The van der Waals surface area contributed by atoms with E-state index in [0.29, 0.717) is 11.3 Å². The Kier molecular flexibility index (Phi) is 3.98. The smallest absolute Gasteiger partial charge is 0.336 e. The summed E-state index contributed by atoms with van der Waals surface area (Å²) >= 11 is 0. The molecule has 0 saturated carbocycles. The van der Waals surface area contributed by atoms with Gasteiger partial charge in [0.1, 0.15) is 11.6 Å². The van der Waals surface area contributed by atoms with Crippen LogP contribution in [0.1, 0.15) is 15.9 Å². The van der Waals surface area contributed by atoms with Gasteiger partial charge < -0.3 is 10.0 Å². The molecule has 0 aromatic heterocycles. The Balaban J connectivity index is 2.31. The molecule has 0 bridgehead atoms. The predicted molar refractivity (Wildman–Crippen MR) is 71.9 cm³/mol. The monoisotopic (exact) mass is 277 g/mol. The average molecular weight is 277 g/mol. The molecule has 0 aliphatic heterocycles. The van der Waals surface area contributed by atoms with Gasteiger partial charge in [-0.15, -0.1) is 0 Å². The molecular weight excluding hydrogens is 264 g/mol. The van der Waals surface area contributed by atoms with Gasteiger partial charge in [-0.25, -0.2) is 13.6 Å². The van der Waals surface area contributed by atoms with Crippen molar-refractivity contribution in [1.82, 2.24) is 0 Å². The third-order valence-electron chi connectivity index (χ3n) is 2.97. The van der Waals surface area contributed by atoms with E-state index in [2.05, 4.69) is 0 Å². The molecule has 0 spiro atoms. The molecule has 0 unspecified atom stereocenters. The van der Waals surface area contributed by atoms with Crippen LogP contribution in [-0.4, -0.2) is 18.1 Å². The lowest BCUT2D eigenvalue weighted by atomic mass is 10.1. The Labute approximate surface area is 115 Å². The van der Waals surface area contributed by atoms with Gasteiger partial charge in [0, 0.05) is 13.6 Å². The fourth-order valence-corrected chi connectivity index (χ4v) is 1.99. The molecule has 20 heavy (non-hydrogen) atoms. The fraction of sp³-hybridized carbons (Fsp3) is 0.133. The molecule has 2 aromatic rings. The van der Waals surface area contributed by atoms with Crippen LogP contribution >= 0.6 is 0 Å². The highest BCUT2D eigenvalue weighted by atomic mass is 19.1. The molecule has 0 radical (unpaired) electrons. The topological polar surface area (TPSA) is 40.5 Å². The lowest BCUT2D eigenvalue weighted by Crippen LogP contribution is -2.19. The minimum Gasteiger partial charge on any atom is -0.478 e. The SMILES string of the molecule is CN(Cc1ccc(F)cc1C(=O)O)c1ccccc1F. The third-order valence-corrected chi connectivity index (χ3v) is 2.97. The number of carboxylic acids is 1. The minimum atomic E-state index is -1.21. The van der Waals surface area contributed by atoms with E-state index in [9.17, 15) is 13.6 Å². The van der Waals surface area contributed by atoms with Crippen molar-refractivity contribution >= 4 is 11.7 Å². The molecular formula is C15H13F2NO2. The Morgan fingerprint density at radius 3 is 2.55 bits per heavy atom. The Hall–Kier alpha value is -2.43. The first-order chi connectivity index (χ1) is 9.49. The van der Waals surface area contributed by atoms with Crippen molar-refractivity contribution < 1.29 is 18.7 Å². The predicted octanol–water partition coefficient (Wildman–Crippen LogP) is 3.30. The van der Waals surface area contributed by atoms with E-state index in [1.807, 2.05) is 0 Å². The van der Waals surface area contributed by atoms with Crippen molar-refractivity contribution in [2.24, 2.45) is 0 Å². The number of carboxylic acid groups (broad SMARTS) is 1. The molecule has 0 atom stereocenters. The van der Waals surface area contributed by atoms with Gasteiger partial charge in [-0.2, -0.15) is 0 Å². The number of hydrogen-bond donors (Lipinski definition) is 1. The van der Waals surface area contributed by atoms with Gasteiger partial charge in [-0.1, -0.05) is 18.2 Å². The van der Waals surface area contributed by atoms with E-state index in [1.165, 1.54) is 18.2 Å². The standard InChI is InChI=1S/C15H13F2NO2/c1-18(14-5-3-2-4-13(14)17)9-10-6-7-11(16)8-12(10)15(19)20/h2-8H,9H2,1H3,(H,19,20). The lowest BCUT2D eigenvalue weighted by Gasteiger charge is -2.21. The van der Waals surface area contributed by atoms with Gasteiger partial charge in [-0.05, 0) is 29.8 Å². The molecule has 0 fully saturated rings. The van der Waals surface area contributed by atoms with Gasteiger partial charge >= 0.3 is 5.97 Å². The number of benzene rings is 2. The maximum absolute atomic E-state index is 13.6. The van der Waals surface area contributed by atoms with E-state index in [0.717, 1.165) is 6.07 Å². The van der Waals surface area contributed by atoms with Gasteiger partial charge in [0.25, 0.3) is 0 Å². The summed E-state index contributed by atoms with van der Waals surface area (Å²) < 4.78 is 26.7. The number of anilines is 1. The van der Waals surface area contributed by atoms with Crippen LogP contribution in [-0.2, 0) is 6.54 Å². The first-order valence-electron chi connectivity index (χ1n) is 5.96. The minimum absolute atomic E-state index is 0.117. The zero-order chi connectivity index (χ0) is 14.7. The Morgan fingerprint density at radius 2 is 1.90 bits per heavy atom. The van der Waals surface area contributed by atoms with Crippen LogP contribution in [0, 0.1) is 11.6 Å². The molecule has 0 saturated heterocycles. The normalized spacial score (nSPS) is 10.3. The highest BCUT2D eigenvalue weighted by Gasteiger charge is 2.14. The van der Waals surface area contributed by atoms with Gasteiger partial charge in [0.2, 0.25) is 0 Å². The van der Waals surface area contributed by atoms with Crippen LogP contribution in [0.15, 0.2) is 42.5 Å². The number of halogens is 2. The van der Waals surface area contributed by atoms with Crippen LogP contribution in [0.5, 0.6) is 0 Å². The van der Waals surface area contributed by atoms with Crippen LogP contribution < -0.4 is 4.90 Å². The second-order valence-corrected chi connectivity index (χ2v) is 4.41. The summed E-state index contributed by atoms with van der Waals surface area (Å²) in [4.78, 5) is 12.7. The highest BCUT2D eigenvalue weighted by molar-refractivity contribution is 5.89. The van der Waals surface area contributed by atoms with Crippen molar-refractivity contribution in [1.29, 1.82) is 0 Å². The van der Waals surface area contributed by atoms with Crippen LogP contribution in [0.3, 0.4) is 0 Å². The van der Waals surface area contributed by atoms with E-state index >= 15 is 0 Å². The van der Waals surface area contributed by atoms with E-state index < -0.39 is 17.6 Å². The number of aromatic carboxylic acids is 1. The fourth-order valence-electron chi connectivity index (χ4n) is 1.99. The summed E-state index contributed by atoms with van der Waals surface area (Å²) in [5.41, 5.74) is 0.658. The largest absolute Gasteiger partial charge is 0.478 e. The second-order valence-electron chi connectivity index (χ2n) is 4.41. The number of nitrogens with zero attached hydrogens (tertiary/aromatic N) is 1. The van der Waals surface area contributed by atoms with Gasteiger partial charge in [0.05, 0.1) is 11.3 Å². The molecule has 3 nitrogen and oxygen atoms in total. The summed E-state index contributed by atoms with van der Waals surface area (Å²) in [5, 5.41) is 9.07. The molecule has 0 heterocycles. The number of hydrogen-bond acceptors (Lipinski definition) is 2. The number of rotatable bonds is 4. The molecule has 2 aromatic carbocycles. The highest BCUT2D eigenvalue weighted by Crippen LogP contribution is 2.21. The van der Waals surface area contributed by atoms with Crippen LogP contribution in [0.2, 0.25) is 0 Å². The van der Waals surface area contributed by atoms with Crippen LogP contribution in [0.25, 0.3) is 0 Å². The molecule has 0 aliphatic rings. The second kappa shape index (κ2) is 5.69. The molecule has 104 valence electrons. The van der Waals surface area contributed by atoms with Crippen molar-refractivity contribution in [3.05, 3.63) is 65.2 Å². The summed E-state index contributed by atoms with van der Waals surface area (Å²) in [5.74, 6) is -2.21. The van der Waals surface area contributed by atoms with E-state index in [4.69, 9.17) is 5.11 Å². The van der Waals surface area contributed by atoms with E-state index in [1.54, 1.807) is 30.1 Å². The van der Waals surface area contributed by atoms with Crippen LogP contribution in [0.4, 0.5) is 14.5 Å². The molecule has 1 N–H and O–H groups in total. The van der Waals surface area contributed by atoms with Crippen molar-refractivity contribution in [3.63, 3.8) is 0 Å². The van der Waals surface area contributed by atoms with Crippen molar-refractivity contribution in [3.8, 4) is 0 Å². The van der Waals surface area contributed by atoms with E-state index in [-0.39, 0.29) is 12.1 Å². The third kappa shape index (κ3) is 2.93. The maximum Gasteiger partial charge on any atom is 0.336 e.